The van der Waals surface area contributed by atoms with Crippen molar-refractivity contribution in [1.82, 2.24) is 10.6 Å². The zero-order valence-electron chi connectivity index (χ0n) is 10.7. The Morgan fingerprint density at radius 2 is 2.06 bits per heavy atom. The third kappa shape index (κ3) is 7.53. The molecule has 2 amide bonds. The highest BCUT2D eigenvalue weighted by molar-refractivity contribution is 6.71. The molecule has 0 aromatic heterocycles. The Morgan fingerprint density at radius 1 is 1.47 bits per heavy atom. The second-order valence-corrected chi connectivity index (χ2v) is 8.36. The molecule has 98 valence electrons. The van der Waals surface area contributed by atoms with Crippen molar-refractivity contribution >= 4 is 20.3 Å². The Morgan fingerprint density at radius 3 is 2.53 bits per heavy atom. The first kappa shape index (κ1) is 15.7. The molecule has 0 aliphatic rings. The number of carbonyl (C=O) groups is 2. The maximum absolute atomic E-state index is 11.4. The number of nitrogens with one attached hydrogen (secondary N) is 2. The molecule has 7 heteroatoms. The second-order valence-electron chi connectivity index (χ2n) is 4.07. The van der Waals surface area contributed by atoms with E-state index < -0.39 is 26.5 Å². The van der Waals surface area contributed by atoms with Crippen LogP contribution in [0, 0.1) is 0 Å². The predicted molar refractivity (Wildman–Crippen MR) is 66.8 cm³/mol. The number of amides is 2. The molecule has 0 radical (unpaired) electrons. The van der Waals surface area contributed by atoms with Gasteiger partial charge in [-0.2, -0.15) is 0 Å². The van der Waals surface area contributed by atoms with Crippen molar-refractivity contribution < 1.29 is 18.8 Å². The summed E-state index contributed by atoms with van der Waals surface area (Å²) >= 11 is 0. The highest BCUT2D eigenvalue weighted by Crippen LogP contribution is 1.99. The van der Waals surface area contributed by atoms with Crippen LogP contribution in [0.1, 0.15) is 6.92 Å². The van der Waals surface area contributed by atoms with Crippen LogP contribution >= 0.6 is 0 Å². The number of ether oxygens (including phenoxy) is 1. The third-order valence-electron chi connectivity index (χ3n) is 2.02. The number of rotatable bonds is 6. The van der Waals surface area contributed by atoms with Gasteiger partial charge in [0.05, 0.1) is 0 Å². The van der Waals surface area contributed by atoms with Crippen LogP contribution in [0.4, 0.5) is 4.79 Å². The van der Waals surface area contributed by atoms with Crippen LogP contribution < -0.4 is 10.6 Å². The van der Waals surface area contributed by atoms with Gasteiger partial charge in [-0.15, -0.1) is 0 Å². The Hall–Kier alpha value is -1.34. The van der Waals surface area contributed by atoms with Crippen LogP contribution in [0.3, 0.4) is 0 Å². The first-order chi connectivity index (χ1) is 7.80. The molecule has 0 saturated carbocycles. The predicted octanol–water partition coefficient (Wildman–Crippen LogP) is 0.751. The first-order valence-electron chi connectivity index (χ1n) is 5.23. The summed E-state index contributed by atoms with van der Waals surface area (Å²) in [6.07, 6.45) is 0.821. The highest BCUT2D eigenvalue weighted by Gasteiger charge is 2.21. The first-order valence-corrected chi connectivity index (χ1v) is 8.35. The van der Waals surface area contributed by atoms with Crippen LogP contribution in [0.15, 0.2) is 12.7 Å². The van der Waals surface area contributed by atoms with Crippen molar-refractivity contribution in [1.29, 1.82) is 0 Å². The number of urea groups is 1. The molecule has 6 nitrogen and oxygen atoms in total. The molecule has 1 atom stereocenters. The van der Waals surface area contributed by atoms with E-state index in [1.54, 1.807) is 14.0 Å². The van der Waals surface area contributed by atoms with E-state index in [-0.39, 0.29) is 0 Å². The zero-order chi connectivity index (χ0) is 13.5. The summed E-state index contributed by atoms with van der Waals surface area (Å²) in [6, 6.07) is -0.396. The molecule has 0 aromatic carbocycles. The van der Waals surface area contributed by atoms with Crippen molar-refractivity contribution in [2.24, 2.45) is 0 Å². The van der Waals surface area contributed by atoms with Crippen molar-refractivity contribution in [2.45, 2.75) is 26.2 Å². The SMILES string of the molecule is C=CC(=O)OC(C)NC(=O)NC[Si](C)(C)OC. The minimum Gasteiger partial charge on any atom is -0.439 e. The Labute approximate surface area is 102 Å². The van der Waals surface area contributed by atoms with Gasteiger partial charge in [0.15, 0.2) is 6.23 Å². The van der Waals surface area contributed by atoms with Gasteiger partial charge in [0, 0.05) is 19.4 Å². The lowest BCUT2D eigenvalue weighted by Crippen LogP contribution is -2.49. The fourth-order valence-corrected chi connectivity index (χ4v) is 1.58. The molecule has 17 heavy (non-hydrogen) atoms. The van der Waals surface area contributed by atoms with Crippen molar-refractivity contribution in [3.63, 3.8) is 0 Å². The third-order valence-corrected chi connectivity index (χ3v) is 4.15. The summed E-state index contributed by atoms with van der Waals surface area (Å²) in [5.41, 5.74) is 0. The second kappa shape index (κ2) is 7.07. The van der Waals surface area contributed by atoms with E-state index in [1.807, 2.05) is 13.1 Å². The van der Waals surface area contributed by atoms with Crippen LogP contribution in [-0.4, -0.2) is 39.8 Å². The van der Waals surface area contributed by atoms with Crippen LogP contribution in [0.2, 0.25) is 13.1 Å². The lowest BCUT2D eigenvalue weighted by Gasteiger charge is -2.21. The number of carbonyl (C=O) groups excluding carboxylic acids is 2. The van der Waals surface area contributed by atoms with Crippen molar-refractivity contribution in [2.75, 3.05) is 13.3 Å². The maximum Gasteiger partial charge on any atom is 0.332 e. The van der Waals surface area contributed by atoms with Crippen molar-refractivity contribution in [3.05, 3.63) is 12.7 Å². The Bertz CT molecular complexity index is 294. The molecule has 0 aromatic rings. The Balaban J connectivity index is 3.94. The van der Waals surface area contributed by atoms with Gasteiger partial charge < -0.3 is 19.8 Å². The molecule has 2 N–H and O–H groups in total. The van der Waals surface area contributed by atoms with Gasteiger partial charge in [-0.3, -0.25) is 0 Å². The van der Waals surface area contributed by atoms with Crippen LogP contribution in [-0.2, 0) is 14.0 Å². The zero-order valence-corrected chi connectivity index (χ0v) is 11.7. The molecule has 0 saturated heterocycles. The number of hydrogen-bond donors (Lipinski definition) is 2. The summed E-state index contributed by atoms with van der Waals surface area (Å²) in [5.74, 6) is -0.579. The topological polar surface area (TPSA) is 76.7 Å². The van der Waals surface area contributed by atoms with Gasteiger partial charge in [-0.25, -0.2) is 9.59 Å². The molecule has 0 aliphatic carbocycles. The molecule has 0 fully saturated rings. The van der Waals surface area contributed by atoms with Crippen molar-refractivity contribution in [3.8, 4) is 0 Å². The van der Waals surface area contributed by atoms with E-state index in [1.165, 1.54) is 0 Å². The molecule has 0 aliphatic heterocycles. The monoisotopic (exact) mass is 260 g/mol. The quantitative estimate of drug-likeness (QED) is 0.320. The fraction of sp³-hybridized carbons (Fsp3) is 0.600. The largest absolute Gasteiger partial charge is 0.439 e. The van der Waals surface area contributed by atoms with E-state index in [0.29, 0.717) is 6.17 Å². The number of esters is 1. The summed E-state index contributed by atoms with van der Waals surface area (Å²) < 4.78 is 10.1. The summed E-state index contributed by atoms with van der Waals surface area (Å²) in [5, 5.41) is 5.13. The van der Waals surface area contributed by atoms with Gasteiger partial charge in [0.25, 0.3) is 0 Å². The molecule has 0 rings (SSSR count). The van der Waals surface area contributed by atoms with Gasteiger partial charge >= 0.3 is 12.0 Å². The van der Waals surface area contributed by atoms with Gasteiger partial charge in [-0.05, 0) is 20.0 Å². The Kier molecular flexibility index (Phi) is 6.52. The molecule has 1 unspecified atom stereocenters. The van der Waals surface area contributed by atoms with Gasteiger partial charge in [0.1, 0.15) is 0 Å². The van der Waals surface area contributed by atoms with Crippen LogP contribution in [0.25, 0.3) is 0 Å². The maximum atomic E-state index is 11.4. The minimum atomic E-state index is -1.83. The normalized spacial score (nSPS) is 12.5. The molecule has 0 spiro atoms. The molecule has 0 bridgehead atoms. The lowest BCUT2D eigenvalue weighted by molar-refractivity contribution is -0.142. The molecule has 0 heterocycles. The highest BCUT2D eigenvalue weighted by atomic mass is 28.4. The van der Waals surface area contributed by atoms with Crippen LogP contribution in [0.5, 0.6) is 0 Å². The fourth-order valence-electron chi connectivity index (χ4n) is 0.853. The summed E-state index contributed by atoms with van der Waals surface area (Å²) in [4.78, 5) is 22.3. The molecular weight excluding hydrogens is 240 g/mol. The van der Waals surface area contributed by atoms with Gasteiger partial charge in [0.2, 0.25) is 8.32 Å². The van der Waals surface area contributed by atoms with Gasteiger partial charge in [-0.1, -0.05) is 6.58 Å². The minimum absolute atomic E-state index is 0.396. The molecular formula is C10H20N2O4Si. The van der Waals surface area contributed by atoms with E-state index in [9.17, 15) is 9.59 Å². The van der Waals surface area contributed by atoms with E-state index >= 15 is 0 Å². The van der Waals surface area contributed by atoms with E-state index in [4.69, 9.17) is 9.16 Å². The smallest absolute Gasteiger partial charge is 0.332 e. The average molecular weight is 260 g/mol. The van der Waals surface area contributed by atoms with E-state index in [2.05, 4.69) is 17.2 Å². The van der Waals surface area contributed by atoms with E-state index in [0.717, 1.165) is 6.08 Å². The summed E-state index contributed by atoms with van der Waals surface area (Å²) in [6.45, 7) is 8.78. The standard InChI is InChI=1S/C10H20N2O4Si/c1-6-9(13)16-8(2)12-10(14)11-7-17(4,5)15-3/h6,8H,1,7H2,2-5H3,(H2,11,12,14). The lowest BCUT2D eigenvalue weighted by atomic mass is 10.6. The average Bonchev–Trinajstić information content (AvgIpc) is 2.26. The number of hydrogen-bond acceptors (Lipinski definition) is 4. The summed E-state index contributed by atoms with van der Waals surface area (Å²) in [7, 11) is -0.201.